The van der Waals surface area contributed by atoms with Crippen LogP contribution < -0.4 is 10.6 Å². The highest BCUT2D eigenvalue weighted by Crippen LogP contribution is 2.33. The van der Waals surface area contributed by atoms with Crippen molar-refractivity contribution in [1.82, 2.24) is 40.2 Å². The Balaban J connectivity index is 1.28. The van der Waals surface area contributed by atoms with Crippen LogP contribution in [0.1, 0.15) is 74.3 Å². The van der Waals surface area contributed by atoms with Crippen molar-refractivity contribution >= 4 is 17.5 Å². The number of carbonyl (C=O) groups excluding carboxylic acids is 1. The Kier molecular flexibility index (Phi) is 7.74. The van der Waals surface area contributed by atoms with E-state index in [1.54, 1.807) is 12.4 Å². The molecule has 0 bridgehead atoms. The van der Waals surface area contributed by atoms with Crippen molar-refractivity contribution in [2.75, 3.05) is 25.1 Å². The molecule has 6 rings (SSSR count). The summed E-state index contributed by atoms with van der Waals surface area (Å²) >= 11 is 0. The van der Waals surface area contributed by atoms with Gasteiger partial charge in [0.1, 0.15) is 0 Å². The number of nitrogens with zero attached hydrogens (tertiary/aromatic N) is 7. The minimum atomic E-state index is -0.367. The van der Waals surface area contributed by atoms with Crippen molar-refractivity contribution < 1.29 is 13.9 Å². The number of nitrogens with one attached hydrogen (secondary N) is 2. The highest BCUT2D eigenvalue weighted by molar-refractivity contribution is 5.89. The van der Waals surface area contributed by atoms with Gasteiger partial charge >= 0.3 is 11.8 Å². The Morgan fingerprint density at radius 1 is 1.17 bits per heavy atom. The average Bonchev–Trinajstić information content (AvgIpc) is 3.75. The zero-order valence-corrected chi connectivity index (χ0v) is 24.5. The Bertz CT molecular complexity index is 1550. The lowest BCUT2D eigenvalue weighted by Crippen LogP contribution is -2.36. The van der Waals surface area contributed by atoms with Gasteiger partial charge in [-0.1, -0.05) is 32.9 Å². The quantitative estimate of drug-likeness (QED) is 0.331. The zero-order chi connectivity index (χ0) is 29.3. The number of rotatable bonds is 7. The normalized spacial score (nSPS) is 19.3. The summed E-state index contributed by atoms with van der Waals surface area (Å²) in [5.41, 5.74) is 4.49. The number of carbonyl (C=O) groups is 1. The highest BCUT2D eigenvalue weighted by atomic mass is 16.5. The van der Waals surface area contributed by atoms with Crippen LogP contribution in [-0.2, 0) is 23.2 Å². The Hall–Kier alpha value is -4.16. The molecule has 2 aliphatic heterocycles. The molecular weight excluding hydrogens is 534 g/mol. The first-order chi connectivity index (χ1) is 20.3. The number of amides is 1. The van der Waals surface area contributed by atoms with Gasteiger partial charge in [0.2, 0.25) is 11.8 Å². The van der Waals surface area contributed by atoms with Crippen LogP contribution in [0.3, 0.4) is 0 Å². The SMILES string of the molecule is CCn1cc(Nc2nccc(-c3ccc4c(c3)CN(C3CCOC3)CCC4NC(=O)c3nnc(C(C)(C)C)o3)n2)cn1. The molecule has 0 aliphatic carbocycles. The molecule has 3 aromatic heterocycles. The van der Waals surface area contributed by atoms with Crippen LogP contribution in [0.25, 0.3) is 11.3 Å². The monoisotopic (exact) mass is 571 g/mol. The third-order valence-electron chi connectivity index (χ3n) is 7.75. The second-order valence-corrected chi connectivity index (χ2v) is 11.9. The van der Waals surface area contributed by atoms with E-state index in [1.807, 2.05) is 44.6 Å². The number of benzene rings is 1. The number of hydrogen-bond donors (Lipinski definition) is 2. The van der Waals surface area contributed by atoms with Gasteiger partial charge in [-0.05, 0) is 43.0 Å². The smallest absolute Gasteiger partial charge is 0.309 e. The standard InChI is InChI=1S/C30H37N9O3/c1-5-39-17-21(15-32-39)33-29-31-11-8-24(35-29)19-6-7-23-20(14-19)16-38(22-10-13-41-18-22)12-9-25(23)34-26(40)27-36-37-28(42-27)30(2,3)4/h6-8,11,14-15,17,22,25H,5,9-10,12-13,16,18H2,1-4H3,(H,34,40)(H,31,33,35). The van der Waals surface area contributed by atoms with Gasteiger partial charge in [0.05, 0.1) is 30.2 Å². The summed E-state index contributed by atoms with van der Waals surface area (Å²) in [6, 6.07) is 8.37. The summed E-state index contributed by atoms with van der Waals surface area (Å²) in [4.78, 5) is 24.9. The summed E-state index contributed by atoms with van der Waals surface area (Å²) in [5.74, 6) is 0.550. The summed E-state index contributed by atoms with van der Waals surface area (Å²) in [6.45, 7) is 11.8. The van der Waals surface area contributed by atoms with Crippen molar-refractivity contribution in [2.45, 2.75) is 71.1 Å². The summed E-state index contributed by atoms with van der Waals surface area (Å²) in [7, 11) is 0. The van der Waals surface area contributed by atoms with Crippen molar-refractivity contribution in [3.63, 3.8) is 0 Å². The second-order valence-electron chi connectivity index (χ2n) is 11.9. The molecule has 4 aromatic rings. The number of hydrogen-bond acceptors (Lipinski definition) is 10. The minimum Gasteiger partial charge on any atom is -0.416 e. The first kappa shape index (κ1) is 28.0. The largest absolute Gasteiger partial charge is 0.416 e. The molecule has 1 fully saturated rings. The van der Waals surface area contributed by atoms with Gasteiger partial charge in [-0.3, -0.25) is 14.4 Å². The fourth-order valence-corrected chi connectivity index (χ4v) is 5.41. The van der Waals surface area contributed by atoms with Gasteiger partial charge in [-0.15, -0.1) is 10.2 Å². The van der Waals surface area contributed by atoms with E-state index in [0.29, 0.717) is 17.9 Å². The molecule has 0 spiro atoms. The maximum absolute atomic E-state index is 13.2. The van der Waals surface area contributed by atoms with Crippen LogP contribution in [0, 0.1) is 0 Å². The maximum Gasteiger partial charge on any atom is 0.309 e. The van der Waals surface area contributed by atoms with Gasteiger partial charge in [-0.25, -0.2) is 9.97 Å². The summed E-state index contributed by atoms with van der Waals surface area (Å²) < 4.78 is 13.3. The lowest BCUT2D eigenvalue weighted by Gasteiger charge is -2.26. The summed E-state index contributed by atoms with van der Waals surface area (Å²) in [6.07, 6.45) is 7.19. The molecule has 0 saturated carbocycles. The van der Waals surface area contributed by atoms with Crippen LogP contribution >= 0.6 is 0 Å². The zero-order valence-electron chi connectivity index (χ0n) is 24.5. The van der Waals surface area contributed by atoms with Crippen molar-refractivity contribution in [2.24, 2.45) is 0 Å². The average molecular weight is 572 g/mol. The minimum absolute atomic E-state index is 0.0196. The number of aryl methyl sites for hydroxylation is 1. The topological polar surface area (TPSA) is 136 Å². The number of aromatic nitrogens is 6. The molecule has 12 nitrogen and oxygen atoms in total. The molecule has 2 N–H and O–H groups in total. The molecule has 1 saturated heterocycles. The van der Waals surface area contributed by atoms with Crippen molar-refractivity contribution in [1.29, 1.82) is 0 Å². The predicted octanol–water partition coefficient (Wildman–Crippen LogP) is 4.25. The van der Waals surface area contributed by atoms with E-state index in [-0.39, 0.29) is 23.3 Å². The van der Waals surface area contributed by atoms with Gasteiger partial charge < -0.3 is 19.8 Å². The van der Waals surface area contributed by atoms with Gasteiger partial charge in [0.15, 0.2) is 0 Å². The molecule has 42 heavy (non-hydrogen) atoms. The molecule has 2 aliphatic rings. The van der Waals surface area contributed by atoms with E-state index < -0.39 is 0 Å². The van der Waals surface area contributed by atoms with Crippen LogP contribution in [0.2, 0.25) is 0 Å². The third kappa shape index (κ3) is 6.04. The molecular formula is C30H37N9O3. The van der Waals surface area contributed by atoms with Crippen LogP contribution in [-0.4, -0.2) is 66.6 Å². The molecule has 5 heterocycles. The van der Waals surface area contributed by atoms with E-state index >= 15 is 0 Å². The summed E-state index contributed by atoms with van der Waals surface area (Å²) in [5, 5.41) is 18.8. The lowest BCUT2D eigenvalue weighted by atomic mass is 9.96. The molecule has 2 atom stereocenters. The number of anilines is 2. The molecule has 1 aromatic carbocycles. The Morgan fingerprint density at radius 2 is 2.05 bits per heavy atom. The van der Waals surface area contributed by atoms with Crippen LogP contribution in [0.4, 0.5) is 11.6 Å². The highest BCUT2D eigenvalue weighted by Gasteiger charge is 2.31. The van der Waals surface area contributed by atoms with Gasteiger partial charge in [0, 0.05) is 55.7 Å². The number of fused-ring (bicyclic) bond motifs is 1. The van der Waals surface area contributed by atoms with E-state index in [0.717, 1.165) is 73.8 Å². The van der Waals surface area contributed by atoms with Crippen molar-refractivity contribution in [3.05, 3.63) is 65.8 Å². The van der Waals surface area contributed by atoms with E-state index in [1.165, 1.54) is 0 Å². The van der Waals surface area contributed by atoms with E-state index in [9.17, 15) is 4.79 Å². The molecule has 2 unspecified atom stereocenters. The lowest BCUT2D eigenvalue weighted by molar-refractivity contribution is 0.0891. The predicted molar refractivity (Wildman–Crippen MR) is 156 cm³/mol. The Labute approximate surface area is 244 Å². The van der Waals surface area contributed by atoms with E-state index in [4.69, 9.17) is 14.1 Å². The maximum atomic E-state index is 13.2. The van der Waals surface area contributed by atoms with Crippen molar-refractivity contribution in [3.8, 4) is 11.3 Å². The Morgan fingerprint density at radius 3 is 2.79 bits per heavy atom. The van der Waals surface area contributed by atoms with Crippen LogP contribution in [0.15, 0.2) is 47.3 Å². The molecule has 12 heteroatoms. The van der Waals surface area contributed by atoms with Gasteiger partial charge in [-0.2, -0.15) is 5.10 Å². The first-order valence-corrected chi connectivity index (χ1v) is 14.5. The molecule has 220 valence electrons. The second kappa shape index (κ2) is 11.6. The molecule has 0 radical (unpaired) electrons. The fraction of sp³-hybridized carbons (Fsp3) is 0.467. The van der Waals surface area contributed by atoms with E-state index in [2.05, 4.69) is 54.0 Å². The first-order valence-electron chi connectivity index (χ1n) is 14.5. The van der Waals surface area contributed by atoms with Gasteiger partial charge in [0.25, 0.3) is 0 Å². The number of ether oxygens (including phenoxy) is 1. The molecule has 1 amide bonds. The fourth-order valence-electron chi connectivity index (χ4n) is 5.41. The van der Waals surface area contributed by atoms with Crippen LogP contribution in [0.5, 0.6) is 0 Å². The third-order valence-corrected chi connectivity index (χ3v) is 7.75.